The number of aliphatic hydroxyl groups excluding tert-OH is 8. The van der Waals surface area contributed by atoms with Crippen LogP contribution in [0.4, 0.5) is 0 Å². The summed E-state index contributed by atoms with van der Waals surface area (Å²) < 4.78 is 15.3. The molecule has 0 aromatic rings. The van der Waals surface area contributed by atoms with Crippen molar-refractivity contribution in [1.82, 2.24) is 0 Å². The Labute approximate surface area is 130 Å². The van der Waals surface area contributed by atoms with E-state index in [9.17, 15) is 35.7 Å². The molecule has 8 N–H and O–H groups in total. The van der Waals surface area contributed by atoms with Gasteiger partial charge in [-0.05, 0) is 0 Å². The fraction of sp³-hybridized carbons (Fsp3) is 1.00. The molecular weight excluding hydrogens is 320 g/mol. The van der Waals surface area contributed by atoms with Crippen LogP contribution in [0.3, 0.4) is 0 Å². The molecule has 0 bridgehead atoms. The van der Waals surface area contributed by atoms with Crippen molar-refractivity contribution in [2.75, 3.05) is 13.2 Å². The molecular formula is C12H22O11. The lowest BCUT2D eigenvalue weighted by Gasteiger charge is -2.45. The first-order valence-electron chi connectivity index (χ1n) is 7.08. The molecule has 2 saturated heterocycles. The number of hydrogen-bond acceptors (Lipinski definition) is 11. The summed E-state index contributed by atoms with van der Waals surface area (Å²) in [6.45, 7) is -1.35. The van der Waals surface area contributed by atoms with Crippen LogP contribution < -0.4 is 0 Å². The molecule has 0 unspecified atom stereocenters. The minimum Gasteiger partial charge on any atom is -0.394 e. The standard InChI is InChI=1S/C12H22O11/c13-1-3-5(15)6(16)9(19)12(22-3)23-10-4(2-14)21-11(20)8(18)7(10)17/h3-20H,1-2H2/t3-,4-,5+,6+,7-,8-,9-,10+,11-,12-/m1/s1. The number of ether oxygens (including phenoxy) is 3. The van der Waals surface area contributed by atoms with Crippen LogP contribution >= 0.6 is 0 Å². The van der Waals surface area contributed by atoms with Crippen LogP contribution in [0.2, 0.25) is 0 Å². The minimum atomic E-state index is -1.74. The van der Waals surface area contributed by atoms with E-state index < -0.39 is 74.6 Å². The van der Waals surface area contributed by atoms with Crippen LogP contribution in [0.25, 0.3) is 0 Å². The number of aliphatic hydroxyl groups is 8. The second-order valence-electron chi connectivity index (χ2n) is 5.53. The van der Waals surface area contributed by atoms with Crippen LogP contribution in [-0.4, -0.2) is 115 Å². The second kappa shape index (κ2) is 7.63. The predicted molar refractivity (Wildman–Crippen MR) is 68.6 cm³/mol. The number of hydrogen-bond donors (Lipinski definition) is 8. The van der Waals surface area contributed by atoms with Crippen molar-refractivity contribution in [2.45, 2.75) is 61.4 Å². The van der Waals surface area contributed by atoms with Crippen molar-refractivity contribution in [3.8, 4) is 0 Å². The molecule has 0 spiro atoms. The zero-order chi connectivity index (χ0) is 17.3. The first-order valence-corrected chi connectivity index (χ1v) is 7.08. The Morgan fingerprint density at radius 2 is 1.26 bits per heavy atom. The number of rotatable bonds is 4. The summed E-state index contributed by atoms with van der Waals surface area (Å²) in [6.07, 6.45) is -15.6. The summed E-state index contributed by atoms with van der Waals surface area (Å²) in [5.41, 5.74) is 0. The van der Waals surface area contributed by atoms with Crippen LogP contribution in [-0.2, 0) is 14.2 Å². The predicted octanol–water partition coefficient (Wildman–Crippen LogP) is -5.40. The van der Waals surface area contributed by atoms with E-state index in [0.717, 1.165) is 0 Å². The van der Waals surface area contributed by atoms with E-state index in [1.54, 1.807) is 0 Å². The monoisotopic (exact) mass is 342 g/mol. The van der Waals surface area contributed by atoms with Gasteiger partial charge >= 0.3 is 0 Å². The Morgan fingerprint density at radius 1 is 0.652 bits per heavy atom. The Hall–Kier alpha value is -0.440. The van der Waals surface area contributed by atoms with Gasteiger partial charge in [-0.25, -0.2) is 0 Å². The van der Waals surface area contributed by atoms with Crippen LogP contribution in [0.5, 0.6) is 0 Å². The summed E-state index contributed by atoms with van der Waals surface area (Å²) in [5, 5.41) is 76.5. The van der Waals surface area contributed by atoms with Crippen molar-refractivity contribution in [3.63, 3.8) is 0 Å². The Balaban J connectivity index is 2.11. The van der Waals surface area contributed by atoms with E-state index in [-0.39, 0.29) is 0 Å². The molecule has 2 heterocycles. The fourth-order valence-electron chi connectivity index (χ4n) is 2.57. The molecule has 0 radical (unpaired) electrons. The highest BCUT2D eigenvalue weighted by Gasteiger charge is 2.50. The van der Waals surface area contributed by atoms with Crippen LogP contribution in [0.15, 0.2) is 0 Å². The van der Waals surface area contributed by atoms with Crippen LogP contribution in [0.1, 0.15) is 0 Å². The van der Waals surface area contributed by atoms with Gasteiger partial charge in [0.05, 0.1) is 13.2 Å². The minimum absolute atomic E-state index is 0.667. The molecule has 0 aromatic heterocycles. The van der Waals surface area contributed by atoms with Gasteiger partial charge in [0.25, 0.3) is 0 Å². The zero-order valence-corrected chi connectivity index (χ0v) is 12.0. The van der Waals surface area contributed by atoms with Gasteiger partial charge in [-0.1, -0.05) is 0 Å². The van der Waals surface area contributed by atoms with E-state index in [0.29, 0.717) is 0 Å². The van der Waals surface area contributed by atoms with E-state index in [4.69, 9.17) is 19.3 Å². The lowest BCUT2D eigenvalue weighted by Crippen LogP contribution is -2.64. The lowest BCUT2D eigenvalue weighted by molar-refractivity contribution is -0.355. The normalized spacial score (nSPS) is 51.7. The summed E-state index contributed by atoms with van der Waals surface area (Å²) in [4.78, 5) is 0. The van der Waals surface area contributed by atoms with Crippen molar-refractivity contribution < 1.29 is 55.1 Å². The average molecular weight is 342 g/mol. The van der Waals surface area contributed by atoms with Gasteiger partial charge in [0.1, 0.15) is 48.8 Å². The Bertz CT molecular complexity index is 378. The van der Waals surface area contributed by atoms with Crippen molar-refractivity contribution >= 4 is 0 Å². The van der Waals surface area contributed by atoms with E-state index in [1.807, 2.05) is 0 Å². The highest BCUT2D eigenvalue weighted by molar-refractivity contribution is 4.93. The second-order valence-corrected chi connectivity index (χ2v) is 5.53. The largest absolute Gasteiger partial charge is 0.394 e. The van der Waals surface area contributed by atoms with Gasteiger partial charge in [0.2, 0.25) is 0 Å². The summed E-state index contributed by atoms with van der Waals surface area (Å²) >= 11 is 0. The van der Waals surface area contributed by atoms with Crippen molar-refractivity contribution in [3.05, 3.63) is 0 Å². The molecule has 2 aliphatic heterocycles. The van der Waals surface area contributed by atoms with Gasteiger partial charge in [0, 0.05) is 0 Å². The molecule has 23 heavy (non-hydrogen) atoms. The summed E-state index contributed by atoms with van der Waals surface area (Å²) in [5.74, 6) is 0. The maximum atomic E-state index is 9.94. The fourth-order valence-corrected chi connectivity index (χ4v) is 2.57. The first kappa shape index (κ1) is 18.9. The van der Waals surface area contributed by atoms with Gasteiger partial charge < -0.3 is 55.1 Å². The van der Waals surface area contributed by atoms with Crippen LogP contribution in [0, 0.1) is 0 Å². The molecule has 2 aliphatic rings. The molecule has 10 atom stereocenters. The maximum absolute atomic E-state index is 9.94. The maximum Gasteiger partial charge on any atom is 0.187 e. The van der Waals surface area contributed by atoms with E-state index in [2.05, 4.69) is 0 Å². The Morgan fingerprint density at radius 3 is 1.83 bits per heavy atom. The van der Waals surface area contributed by atoms with Crippen molar-refractivity contribution in [2.24, 2.45) is 0 Å². The quantitative estimate of drug-likeness (QED) is 0.243. The molecule has 0 amide bonds. The molecule has 11 nitrogen and oxygen atoms in total. The lowest BCUT2D eigenvalue weighted by atomic mass is 9.97. The average Bonchev–Trinajstić information content (AvgIpc) is 2.55. The third kappa shape index (κ3) is 3.65. The molecule has 0 aromatic carbocycles. The molecule has 136 valence electrons. The summed E-state index contributed by atoms with van der Waals surface area (Å²) in [7, 11) is 0. The van der Waals surface area contributed by atoms with Gasteiger partial charge in [0.15, 0.2) is 12.6 Å². The zero-order valence-electron chi connectivity index (χ0n) is 12.0. The topological polar surface area (TPSA) is 190 Å². The molecule has 2 rings (SSSR count). The highest BCUT2D eigenvalue weighted by atomic mass is 16.7. The van der Waals surface area contributed by atoms with E-state index >= 15 is 0 Å². The Kier molecular flexibility index (Phi) is 6.27. The third-order valence-corrected chi connectivity index (χ3v) is 3.98. The molecule has 11 heteroatoms. The van der Waals surface area contributed by atoms with Gasteiger partial charge in [-0.15, -0.1) is 0 Å². The molecule has 0 aliphatic carbocycles. The first-order chi connectivity index (χ1) is 10.8. The molecule has 2 fully saturated rings. The van der Waals surface area contributed by atoms with Gasteiger partial charge in [-0.2, -0.15) is 0 Å². The third-order valence-electron chi connectivity index (χ3n) is 3.98. The smallest absolute Gasteiger partial charge is 0.187 e. The summed E-state index contributed by atoms with van der Waals surface area (Å²) in [6, 6.07) is 0. The molecule has 0 saturated carbocycles. The van der Waals surface area contributed by atoms with Crippen molar-refractivity contribution in [1.29, 1.82) is 0 Å². The van der Waals surface area contributed by atoms with Gasteiger partial charge in [-0.3, -0.25) is 0 Å². The highest BCUT2D eigenvalue weighted by Crippen LogP contribution is 2.28. The SMILES string of the molecule is OC[C@H]1O[C@H](O[C@@H]2[C@H](O)[C@@H](O)[C@H](O)O[C@@H]2CO)[C@H](O)[C@@H](O)[C@H]1O. The van der Waals surface area contributed by atoms with E-state index in [1.165, 1.54) is 0 Å².